The number of rotatable bonds is 8. The van der Waals surface area contributed by atoms with Crippen LogP contribution in [0.2, 0.25) is 0 Å². The molecule has 0 heterocycles. The number of halogens is 4. The Bertz CT molecular complexity index is 978. The van der Waals surface area contributed by atoms with Crippen molar-refractivity contribution in [2.45, 2.75) is 57.8 Å². The van der Waals surface area contributed by atoms with Crippen molar-refractivity contribution in [3.63, 3.8) is 0 Å². The normalized spacial score (nSPS) is 16.6. The van der Waals surface area contributed by atoms with Gasteiger partial charge in [-0.15, -0.1) is 0 Å². The van der Waals surface area contributed by atoms with Crippen molar-refractivity contribution in [3.8, 4) is 5.75 Å². The van der Waals surface area contributed by atoms with Gasteiger partial charge in [-0.1, -0.05) is 55.3 Å². The fraction of sp³-hybridized carbons (Fsp3) is 0.385. The van der Waals surface area contributed by atoms with E-state index in [9.17, 15) is 17.6 Å². The van der Waals surface area contributed by atoms with Crippen molar-refractivity contribution < 1.29 is 22.3 Å². The first-order chi connectivity index (χ1) is 15.0. The Hall–Kier alpha value is -2.56. The molecule has 0 bridgehead atoms. The van der Waals surface area contributed by atoms with Gasteiger partial charge in [0.25, 0.3) is 0 Å². The van der Waals surface area contributed by atoms with Crippen LogP contribution in [0.4, 0.5) is 17.6 Å². The van der Waals surface area contributed by atoms with Crippen molar-refractivity contribution in [1.82, 2.24) is 0 Å². The van der Waals surface area contributed by atoms with Gasteiger partial charge in [-0.2, -0.15) is 4.39 Å². The summed E-state index contributed by atoms with van der Waals surface area (Å²) < 4.78 is 61.8. The SMILES string of the molecule is CCCC1=CCC(c2ccc(C=CCCc3ccc(OC)c(F)c3F)c(F)c2F)CC1. The zero-order chi connectivity index (χ0) is 22.4. The van der Waals surface area contributed by atoms with Gasteiger partial charge in [0, 0.05) is 5.56 Å². The standard InChI is InChI=1S/C26H28F4O/c1-3-6-17-9-11-18(12-10-17)21-15-13-19(23(27)25(21)29)7-4-5-8-20-14-16-22(31-2)26(30)24(20)28/h4,7,9,13-16,18H,3,5-6,8,10-12H2,1-2H3. The smallest absolute Gasteiger partial charge is 0.200 e. The third kappa shape index (κ3) is 5.38. The van der Waals surface area contributed by atoms with Gasteiger partial charge in [0.05, 0.1) is 7.11 Å². The Balaban J connectivity index is 1.65. The van der Waals surface area contributed by atoms with Crippen molar-refractivity contribution in [2.75, 3.05) is 7.11 Å². The van der Waals surface area contributed by atoms with E-state index in [2.05, 4.69) is 13.0 Å². The van der Waals surface area contributed by atoms with E-state index in [4.69, 9.17) is 4.74 Å². The number of hydrogen-bond acceptors (Lipinski definition) is 1. The molecule has 5 heteroatoms. The average Bonchev–Trinajstić information content (AvgIpc) is 2.78. The molecule has 2 aromatic carbocycles. The fourth-order valence-corrected chi connectivity index (χ4v) is 4.11. The van der Waals surface area contributed by atoms with Gasteiger partial charge >= 0.3 is 0 Å². The van der Waals surface area contributed by atoms with E-state index in [1.165, 1.54) is 30.9 Å². The predicted octanol–water partition coefficient (Wildman–Crippen LogP) is 7.89. The van der Waals surface area contributed by atoms with E-state index in [-0.39, 0.29) is 29.2 Å². The van der Waals surface area contributed by atoms with Gasteiger partial charge in [0.1, 0.15) is 0 Å². The van der Waals surface area contributed by atoms with Gasteiger partial charge in [-0.05, 0) is 61.6 Å². The first kappa shape index (κ1) is 23.1. The van der Waals surface area contributed by atoms with Crippen LogP contribution in [-0.4, -0.2) is 7.11 Å². The van der Waals surface area contributed by atoms with Crippen molar-refractivity contribution in [1.29, 1.82) is 0 Å². The summed E-state index contributed by atoms with van der Waals surface area (Å²) in [6.07, 6.45) is 10.6. The molecule has 0 radical (unpaired) electrons. The zero-order valence-corrected chi connectivity index (χ0v) is 18.0. The number of benzene rings is 2. The van der Waals surface area contributed by atoms with Crippen LogP contribution >= 0.6 is 0 Å². The predicted molar refractivity (Wildman–Crippen MR) is 116 cm³/mol. The lowest BCUT2D eigenvalue weighted by molar-refractivity contribution is 0.370. The fourth-order valence-electron chi connectivity index (χ4n) is 4.11. The van der Waals surface area contributed by atoms with Gasteiger partial charge < -0.3 is 4.74 Å². The van der Waals surface area contributed by atoms with Gasteiger partial charge in [0.2, 0.25) is 5.82 Å². The van der Waals surface area contributed by atoms with E-state index >= 15 is 0 Å². The zero-order valence-electron chi connectivity index (χ0n) is 18.0. The van der Waals surface area contributed by atoms with E-state index < -0.39 is 23.3 Å². The second kappa shape index (κ2) is 10.7. The molecule has 0 spiro atoms. The van der Waals surface area contributed by atoms with Crippen LogP contribution in [-0.2, 0) is 6.42 Å². The number of methoxy groups -OCH3 is 1. The monoisotopic (exact) mass is 432 g/mol. The van der Waals surface area contributed by atoms with Crippen LogP contribution in [0.5, 0.6) is 5.75 Å². The number of aryl methyl sites for hydroxylation is 1. The van der Waals surface area contributed by atoms with E-state index in [0.29, 0.717) is 12.0 Å². The highest BCUT2D eigenvalue weighted by Crippen LogP contribution is 2.36. The highest BCUT2D eigenvalue weighted by atomic mass is 19.2. The summed E-state index contributed by atoms with van der Waals surface area (Å²) >= 11 is 0. The molecule has 1 unspecified atom stereocenters. The molecule has 1 aliphatic rings. The quantitative estimate of drug-likeness (QED) is 0.304. The molecular formula is C26H28F4O. The maximum atomic E-state index is 14.7. The van der Waals surface area contributed by atoms with Crippen molar-refractivity contribution >= 4 is 6.08 Å². The van der Waals surface area contributed by atoms with Gasteiger partial charge in [-0.25, -0.2) is 13.2 Å². The van der Waals surface area contributed by atoms with Crippen LogP contribution in [0.25, 0.3) is 6.08 Å². The molecule has 3 rings (SSSR count). The molecular weight excluding hydrogens is 404 g/mol. The number of hydrogen-bond donors (Lipinski definition) is 0. The lowest BCUT2D eigenvalue weighted by Crippen LogP contribution is -2.08. The maximum Gasteiger partial charge on any atom is 0.200 e. The highest BCUT2D eigenvalue weighted by Gasteiger charge is 2.22. The molecule has 0 aliphatic heterocycles. The summed E-state index contributed by atoms with van der Waals surface area (Å²) in [7, 11) is 1.27. The number of allylic oxidation sites excluding steroid dienone is 3. The molecule has 0 N–H and O–H groups in total. The number of ether oxygens (including phenoxy) is 1. The summed E-state index contributed by atoms with van der Waals surface area (Å²) in [6, 6.07) is 6.09. The molecule has 0 fully saturated rings. The first-order valence-electron chi connectivity index (χ1n) is 10.8. The lowest BCUT2D eigenvalue weighted by atomic mass is 9.83. The van der Waals surface area contributed by atoms with Crippen molar-refractivity contribution in [2.24, 2.45) is 0 Å². The van der Waals surface area contributed by atoms with E-state index in [0.717, 1.165) is 32.1 Å². The summed E-state index contributed by atoms with van der Waals surface area (Å²) in [5, 5.41) is 0. The summed E-state index contributed by atoms with van der Waals surface area (Å²) in [5.41, 5.74) is 2.20. The van der Waals surface area contributed by atoms with E-state index in [1.54, 1.807) is 18.2 Å². The maximum absolute atomic E-state index is 14.7. The summed E-state index contributed by atoms with van der Waals surface area (Å²) in [6.45, 7) is 2.14. The van der Waals surface area contributed by atoms with Gasteiger partial charge in [0.15, 0.2) is 23.2 Å². The lowest BCUT2D eigenvalue weighted by Gasteiger charge is -2.23. The summed E-state index contributed by atoms with van der Waals surface area (Å²) in [5.74, 6) is -3.77. The Morgan fingerprint density at radius 3 is 2.45 bits per heavy atom. The second-order valence-corrected chi connectivity index (χ2v) is 7.95. The molecule has 0 saturated carbocycles. The minimum Gasteiger partial charge on any atom is -0.494 e. The molecule has 166 valence electrons. The molecule has 1 aliphatic carbocycles. The Morgan fingerprint density at radius 2 is 1.77 bits per heavy atom. The highest BCUT2D eigenvalue weighted by molar-refractivity contribution is 5.51. The Morgan fingerprint density at radius 1 is 0.968 bits per heavy atom. The molecule has 0 saturated heterocycles. The largest absolute Gasteiger partial charge is 0.494 e. The Kier molecular flexibility index (Phi) is 7.94. The van der Waals surface area contributed by atoms with Crippen molar-refractivity contribution in [3.05, 3.63) is 81.9 Å². The van der Waals surface area contributed by atoms with Crippen LogP contribution in [0.15, 0.2) is 42.0 Å². The average molecular weight is 433 g/mol. The first-order valence-corrected chi connectivity index (χ1v) is 10.8. The van der Waals surface area contributed by atoms with Crippen LogP contribution in [0, 0.1) is 23.3 Å². The topological polar surface area (TPSA) is 9.23 Å². The third-order valence-corrected chi connectivity index (χ3v) is 5.88. The Labute approximate surface area is 181 Å². The minimum atomic E-state index is -1.02. The van der Waals surface area contributed by atoms with Gasteiger partial charge in [-0.3, -0.25) is 0 Å². The molecule has 1 atom stereocenters. The molecule has 1 nitrogen and oxygen atoms in total. The second-order valence-electron chi connectivity index (χ2n) is 7.95. The minimum absolute atomic E-state index is 0.000999. The summed E-state index contributed by atoms with van der Waals surface area (Å²) in [4.78, 5) is 0. The molecule has 31 heavy (non-hydrogen) atoms. The molecule has 2 aromatic rings. The van der Waals surface area contributed by atoms with Crippen LogP contribution in [0.3, 0.4) is 0 Å². The third-order valence-electron chi connectivity index (χ3n) is 5.88. The van der Waals surface area contributed by atoms with Crippen LogP contribution in [0.1, 0.15) is 68.1 Å². The molecule has 0 amide bonds. The molecule has 0 aromatic heterocycles. The van der Waals surface area contributed by atoms with E-state index in [1.807, 2.05) is 0 Å². The van der Waals surface area contributed by atoms with Crippen LogP contribution < -0.4 is 4.74 Å².